The van der Waals surface area contributed by atoms with Gasteiger partial charge in [0, 0.05) is 0 Å². The van der Waals surface area contributed by atoms with Crippen molar-refractivity contribution in [2.45, 2.75) is 137 Å². The lowest BCUT2D eigenvalue weighted by molar-refractivity contribution is -0.129. The summed E-state index contributed by atoms with van der Waals surface area (Å²) in [5, 5.41) is 0. The first-order valence-corrected chi connectivity index (χ1v) is 13.0. The molecule has 166 valence electrons. The summed E-state index contributed by atoms with van der Waals surface area (Å²) in [6.45, 7) is 16.6. The van der Waals surface area contributed by atoms with Crippen LogP contribution in [0.2, 0.25) is 0 Å². The van der Waals surface area contributed by atoms with E-state index >= 15 is 0 Å². The van der Waals surface area contributed by atoms with Crippen LogP contribution in [0.5, 0.6) is 0 Å². The van der Waals surface area contributed by atoms with Crippen molar-refractivity contribution in [2.75, 3.05) is 0 Å². The molecule has 2 saturated carbocycles. The van der Waals surface area contributed by atoms with Crippen LogP contribution < -0.4 is 0 Å². The van der Waals surface area contributed by atoms with Crippen molar-refractivity contribution >= 4 is 0 Å². The van der Waals surface area contributed by atoms with Gasteiger partial charge in [-0.1, -0.05) is 60.8 Å². The molecule has 2 aliphatic rings. The highest BCUT2D eigenvalue weighted by Crippen LogP contribution is 2.43. The van der Waals surface area contributed by atoms with Crippen LogP contribution in [0.25, 0.3) is 0 Å². The van der Waals surface area contributed by atoms with E-state index in [2.05, 4.69) is 48.5 Å². The smallest absolute Gasteiger partial charge is 0.0680 e. The molecule has 0 aliphatic heterocycles. The van der Waals surface area contributed by atoms with E-state index in [1.165, 1.54) is 70.6 Å². The predicted octanol–water partition coefficient (Wildman–Crippen LogP) is 8.66. The van der Waals surface area contributed by atoms with E-state index in [1.807, 2.05) is 0 Å². The van der Waals surface area contributed by atoms with Gasteiger partial charge in [0.2, 0.25) is 0 Å². The summed E-state index contributed by atoms with van der Waals surface area (Å²) in [6, 6.07) is 0. The molecule has 5 atom stereocenters. The molecule has 2 rings (SSSR count). The molecule has 0 aromatic heterocycles. The van der Waals surface area contributed by atoms with Gasteiger partial charge >= 0.3 is 0 Å². The first kappa shape index (κ1) is 24.2. The lowest BCUT2D eigenvalue weighted by atomic mass is 9.67. The molecule has 0 heterocycles. The van der Waals surface area contributed by atoms with Gasteiger partial charge in [-0.15, -0.1) is 0 Å². The van der Waals surface area contributed by atoms with E-state index in [0.29, 0.717) is 12.0 Å². The van der Waals surface area contributed by atoms with E-state index in [1.54, 1.807) is 0 Å². The van der Waals surface area contributed by atoms with Gasteiger partial charge in [-0.05, 0) is 100 Å². The zero-order valence-corrected chi connectivity index (χ0v) is 20.4. The van der Waals surface area contributed by atoms with Gasteiger partial charge in [-0.25, -0.2) is 0 Å². The van der Waals surface area contributed by atoms with Crippen molar-refractivity contribution in [3.8, 4) is 0 Å². The van der Waals surface area contributed by atoms with Gasteiger partial charge in [-0.2, -0.15) is 0 Å². The summed E-state index contributed by atoms with van der Waals surface area (Å²) < 4.78 is 6.70. The largest absolute Gasteiger partial charge is 0.372 e. The first-order valence-electron chi connectivity index (χ1n) is 13.0. The molecule has 0 N–H and O–H groups in total. The minimum Gasteiger partial charge on any atom is -0.372 e. The van der Waals surface area contributed by atoms with Crippen LogP contribution in [0.1, 0.15) is 126 Å². The normalized spacial score (nSPS) is 34.9. The fraction of sp³-hybridized carbons (Fsp3) is 1.00. The molecule has 0 aromatic carbocycles. The summed E-state index contributed by atoms with van der Waals surface area (Å²) in [6.07, 6.45) is 17.2. The summed E-state index contributed by atoms with van der Waals surface area (Å²) in [4.78, 5) is 0. The van der Waals surface area contributed by atoms with Crippen molar-refractivity contribution in [1.29, 1.82) is 0 Å². The zero-order chi connectivity index (χ0) is 20.7. The lowest BCUT2D eigenvalue weighted by Gasteiger charge is -2.42. The second-order valence-corrected chi connectivity index (χ2v) is 11.2. The van der Waals surface area contributed by atoms with Crippen molar-refractivity contribution in [3.05, 3.63) is 0 Å². The Morgan fingerprint density at radius 2 is 1.50 bits per heavy atom. The third-order valence-corrected chi connectivity index (χ3v) is 8.80. The molecular formula is C27H52O. The fourth-order valence-electron chi connectivity index (χ4n) is 6.37. The molecule has 1 heteroatoms. The Morgan fingerprint density at radius 3 is 2.04 bits per heavy atom. The summed E-state index contributed by atoms with van der Waals surface area (Å²) in [5.74, 6) is 5.52. The highest BCUT2D eigenvalue weighted by molar-refractivity contribution is 4.85. The Labute approximate surface area is 177 Å². The first-order chi connectivity index (χ1) is 13.3. The van der Waals surface area contributed by atoms with Gasteiger partial charge in [0.1, 0.15) is 0 Å². The summed E-state index contributed by atoms with van der Waals surface area (Å²) >= 11 is 0. The van der Waals surface area contributed by atoms with E-state index < -0.39 is 0 Å². The maximum Gasteiger partial charge on any atom is 0.0680 e. The van der Waals surface area contributed by atoms with Gasteiger partial charge in [0.25, 0.3) is 0 Å². The average Bonchev–Trinajstić information content (AvgIpc) is 2.69. The molecule has 0 amide bonds. The van der Waals surface area contributed by atoms with E-state index in [4.69, 9.17) is 4.74 Å². The Kier molecular flexibility index (Phi) is 9.85. The van der Waals surface area contributed by atoms with E-state index in [-0.39, 0.29) is 5.60 Å². The molecule has 0 bridgehead atoms. The van der Waals surface area contributed by atoms with Crippen LogP contribution in [0.4, 0.5) is 0 Å². The molecule has 1 unspecified atom stereocenters. The monoisotopic (exact) mass is 392 g/mol. The van der Waals surface area contributed by atoms with Crippen LogP contribution in [-0.4, -0.2) is 11.7 Å². The molecule has 28 heavy (non-hydrogen) atoms. The molecule has 0 aromatic rings. The Hall–Kier alpha value is -0.0400. The molecule has 1 nitrogen and oxygen atoms in total. The number of rotatable bonds is 10. The van der Waals surface area contributed by atoms with Crippen molar-refractivity contribution < 1.29 is 4.74 Å². The highest BCUT2D eigenvalue weighted by atomic mass is 16.5. The predicted molar refractivity (Wildman–Crippen MR) is 124 cm³/mol. The van der Waals surface area contributed by atoms with Gasteiger partial charge < -0.3 is 4.74 Å². The lowest BCUT2D eigenvalue weighted by Crippen LogP contribution is -2.40. The molecule has 0 saturated heterocycles. The summed E-state index contributed by atoms with van der Waals surface area (Å²) in [5.41, 5.74) is 0.0788. The van der Waals surface area contributed by atoms with Gasteiger partial charge in [0.05, 0.1) is 11.7 Å². The van der Waals surface area contributed by atoms with Crippen LogP contribution in [-0.2, 0) is 4.74 Å². The second kappa shape index (κ2) is 11.4. The highest BCUT2D eigenvalue weighted by Gasteiger charge is 2.35. The molecule has 0 spiro atoms. The average molecular weight is 393 g/mol. The van der Waals surface area contributed by atoms with Crippen molar-refractivity contribution in [1.82, 2.24) is 0 Å². The fourth-order valence-corrected chi connectivity index (χ4v) is 6.37. The third kappa shape index (κ3) is 6.75. The van der Waals surface area contributed by atoms with Crippen LogP contribution in [0, 0.1) is 35.5 Å². The molecular weight excluding hydrogens is 340 g/mol. The zero-order valence-electron chi connectivity index (χ0n) is 20.4. The topological polar surface area (TPSA) is 9.23 Å². The van der Waals surface area contributed by atoms with Crippen molar-refractivity contribution in [3.63, 3.8) is 0 Å². The minimum atomic E-state index is 0.0788. The van der Waals surface area contributed by atoms with Gasteiger partial charge in [-0.3, -0.25) is 0 Å². The van der Waals surface area contributed by atoms with E-state index in [9.17, 15) is 0 Å². The standard InChI is InChI=1S/C27H52O/c1-8-21(6)27(7,10-3)28-26-15-12-22(13-16-26)18-23-11-14-25(17-20(4)5)24(9-2)19-23/h20-26H,8-19H2,1-7H3/t21-,22?,23+,24?,25-,26?,27+/m0/s1. The number of hydrogen-bond donors (Lipinski definition) is 0. The van der Waals surface area contributed by atoms with Gasteiger partial charge in [0.15, 0.2) is 0 Å². The van der Waals surface area contributed by atoms with Crippen LogP contribution in [0.15, 0.2) is 0 Å². The minimum absolute atomic E-state index is 0.0788. The third-order valence-electron chi connectivity index (χ3n) is 8.80. The molecule has 0 radical (unpaired) electrons. The number of hydrogen-bond acceptors (Lipinski definition) is 1. The van der Waals surface area contributed by atoms with Crippen LogP contribution >= 0.6 is 0 Å². The van der Waals surface area contributed by atoms with Crippen LogP contribution in [0.3, 0.4) is 0 Å². The van der Waals surface area contributed by atoms with Crippen molar-refractivity contribution in [2.24, 2.45) is 35.5 Å². The molecule has 2 aliphatic carbocycles. The second-order valence-electron chi connectivity index (χ2n) is 11.2. The Bertz CT molecular complexity index is 422. The maximum absolute atomic E-state index is 6.70. The quantitative estimate of drug-likeness (QED) is 0.361. The summed E-state index contributed by atoms with van der Waals surface area (Å²) in [7, 11) is 0. The molecule has 2 fully saturated rings. The maximum atomic E-state index is 6.70. The Balaban J connectivity index is 1.77. The Morgan fingerprint density at radius 1 is 0.857 bits per heavy atom. The van der Waals surface area contributed by atoms with E-state index in [0.717, 1.165) is 36.0 Å². The number of ether oxygens (including phenoxy) is 1. The SMILES string of the molecule is CCC1C[C@@H](CC2CCC(O[C@](C)(CC)[C@@H](C)CC)CC2)CC[C@H]1CC(C)C.